The lowest BCUT2D eigenvalue weighted by Gasteiger charge is -2.05. The number of rotatable bonds is 3. The Morgan fingerprint density at radius 3 is 2.81 bits per heavy atom. The van der Waals surface area contributed by atoms with E-state index >= 15 is 0 Å². The van der Waals surface area contributed by atoms with Crippen LogP contribution >= 0.6 is 0 Å². The van der Waals surface area contributed by atoms with Crippen LogP contribution in [0.4, 0.5) is 19.0 Å². The fourth-order valence-corrected chi connectivity index (χ4v) is 1.08. The largest absolute Gasteiger partial charge is 0.408 e. The maximum absolute atomic E-state index is 12.0. The molecule has 0 fully saturated rings. The number of aryl methyl sites for hydroxylation is 1. The normalized spacial score (nSPS) is 11.2. The molecular weight excluding hydrogens is 223 g/mol. The SMILES string of the molecule is C=CC(=O)Nc1nn(CC(F)(F)F)cc1C. The average molecular weight is 233 g/mol. The van der Waals surface area contributed by atoms with Crippen LogP contribution in [0.5, 0.6) is 0 Å². The zero-order valence-corrected chi connectivity index (χ0v) is 8.51. The fourth-order valence-electron chi connectivity index (χ4n) is 1.08. The molecule has 0 aliphatic heterocycles. The zero-order valence-electron chi connectivity index (χ0n) is 8.51. The van der Waals surface area contributed by atoms with Gasteiger partial charge < -0.3 is 5.32 Å². The van der Waals surface area contributed by atoms with Crippen molar-refractivity contribution in [1.29, 1.82) is 0 Å². The van der Waals surface area contributed by atoms with E-state index in [0.717, 1.165) is 10.8 Å². The second-order valence-corrected chi connectivity index (χ2v) is 3.17. The van der Waals surface area contributed by atoms with Crippen LogP contribution < -0.4 is 5.32 Å². The smallest absolute Gasteiger partial charge is 0.305 e. The van der Waals surface area contributed by atoms with E-state index in [4.69, 9.17) is 0 Å². The van der Waals surface area contributed by atoms with E-state index in [2.05, 4.69) is 17.0 Å². The lowest BCUT2D eigenvalue weighted by Crippen LogP contribution is -2.18. The third-order valence-electron chi connectivity index (χ3n) is 1.71. The van der Waals surface area contributed by atoms with Crippen molar-refractivity contribution in [3.05, 3.63) is 24.4 Å². The Morgan fingerprint density at radius 1 is 1.69 bits per heavy atom. The predicted molar refractivity (Wildman–Crippen MR) is 51.8 cm³/mol. The number of nitrogens with one attached hydrogen (secondary N) is 1. The minimum Gasteiger partial charge on any atom is -0.305 e. The molecule has 4 nitrogen and oxygen atoms in total. The lowest BCUT2D eigenvalue weighted by atomic mass is 10.4. The Kier molecular flexibility index (Phi) is 3.36. The summed E-state index contributed by atoms with van der Waals surface area (Å²) in [6, 6.07) is 0. The second-order valence-electron chi connectivity index (χ2n) is 3.17. The van der Waals surface area contributed by atoms with Crippen molar-refractivity contribution in [1.82, 2.24) is 9.78 Å². The van der Waals surface area contributed by atoms with E-state index in [0.29, 0.717) is 5.56 Å². The molecule has 88 valence electrons. The number of alkyl halides is 3. The van der Waals surface area contributed by atoms with Gasteiger partial charge in [0.2, 0.25) is 5.91 Å². The van der Waals surface area contributed by atoms with Crippen LogP contribution in [0.3, 0.4) is 0 Å². The molecule has 0 atom stereocenters. The Balaban J connectivity index is 2.81. The number of nitrogens with zero attached hydrogens (tertiary/aromatic N) is 2. The topological polar surface area (TPSA) is 46.9 Å². The van der Waals surface area contributed by atoms with E-state index in [1.54, 1.807) is 6.92 Å². The fraction of sp³-hybridized carbons (Fsp3) is 0.333. The van der Waals surface area contributed by atoms with E-state index in [1.165, 1.54) is 6.20 Å². The third kappa shape index (κ3) is 3.41. The number of hydrogen-bond donors (Lipinski definition) is 1. The van der Waals surface area contributed by atoms with E-state index < -0.39 is 18.6 Å². The molecule has 0 spiro atoms. The van der Waals surface area contributed by atoms with Crippen molar-refractivity contribution in [2.75, 3.05) is 5.32 Å². The van der Waals surface area contributed by atoms with Gasteiger partial charge in [-0.1, -0.05) is 6.58 Å². The molecule has 0 radical (unpaired) electrons. The standard InChI is InChI=1S/C9H10F3N3O/c1-3-7(16)13-8-6(2)4-15(14-8)5-9(10,11)12/h3-4H,1,5H2,2H3,(H,13,14,16). The first-order chi connectivity index (χ1) is 7.31. The molecule has 1 N–H and O–H groups in total. The van der Waals surface area contributed by atoms with Crippen molar-refractivity contribution in [3.63, 3.8) is 0 Å². The summed E-state index contributed by atoms with van der Waals surface area (Å²) in [4.78, 5) is 10.9. The highest BCUT2D eigenvalue weighted by Gasteiger charge is 2.28. The summed E-state index contributed by atoms with van der Waals surface area (Å²) in [5.41, 5.74) is 0.458. The summed E-state index contributed by atoms with van der Waals surface area (Å²) < 4.78 is 36.9. The summed E-state index contributed by atoms with van der Waals surface area (Å²) in [6.45, 7) is 3.60. The first-order valence-corrected chi connectivity index (χ1v) is 4.36. The van der Waals surface area contributed by atoms with Crippen LogP contribution in [0.1, 0.15) is 5.56 Å². The molecule has 1 heterocycles. The number of anilines is 1. The number of hydrogen-bond acceptors (Lipinski definition) is 2. The first-order valence-electron chi connectivity index (χ1n) is 4.36. The van der Waals surface area contributed by atoms with Crippen LogP contribution in [-0.4, -0.2) is 21.9 Å². The summed E-state index contributed by atoms with van der Waals surface area (Å²) in [5.74, 6) is -0.408. The highest BCUT2D eigenvalue weighted by atomic mass is 19.4. The van der Waals surface area contributed by atoms with Gasteiger partial charge in [-0.25, -0.2) is 0 Å². The maximum Gasteiger partial charge on any atom is 0.408 e. The average Bonchev–Trinajstić information content (AvgIpc) is 2.43. The maximum atomic E-state index is 12.0. The minimum atomic E-state index is -4.34. The Labute approximate surface area is 89.7 Å². The van der Waals surface area contributed by atoms with Crippen molar-refractivity contribution >= 4 is 11.7 Å². The van der Waals surface area contributed by atoms with Crippen molar-refractivity contribution < 1.29 is 18.0 Å². The highest BCUT2D eigenvalue weighted by Crippen LogP contribution is 2.19. The number of aromatic nitrogens is 2. The van der Waals surface area contributed by atoms with E-state index in [-0.39, 0.29) is 5.82 Å². The van der Waals surface area contributed by atoms with Gasteiger partial charge in [-0.15, -0.1) is 0 Å². The zero-order chi connectivity index (χ0) is 12.3. The van der Waals surface area contributed by atoms with Crippen LogP contribution in [-0.2, 0) is 11.3 Å². The van der Waals surface area contributed by atoms with E-state index in [9.17, 15) is 18.0 Å². The van der Waals surface area contributed by atoms with Gasteiger partial charge in [0, 0.05) is 11.8 Å². The monoisotopic (exact) mass is 233 g/mol. The molecule has 1 rings (SSSR count). The third-order valence-corrected chi connectivity index (χ3v) is 1.71. The number of halogens is 3. The van der Waals surface area contributed by atoms with Crippen molar-refractivity contribution in [2.45, 2.75) is 19.6 Å². The molecule has 0 unspecified atom stereocenters. The number of carbonyl (C=O) groups is 1. The Morgan fingerprint density at radius 2 is 2.31 bits per heavy atom. The summed E-state index contributed by atoms with van der Waals surface area (Å²) in [6.07, 6.45) is -2.10. The Bertz CT molecular complexity index is 409. The van der Waals surface area contributed by atoms with Gasteiger partial charge in [0.05, 0.1) is 0 Å². The molecule has 0 aliphatic carbocycles. The molecule has 0 aliphatic rings. The molecule has 0 saturated heterocycles. The quantitative estimate of drug-likeness (QED) is 0.810. The summed E-state index contributed by atoms with van der Waals surface area (Å²) in [7, 11) is 0. The van der Waals surface area contributed by atoms with Crippen LogP contribution in [0.15, 0.2) is 18.9 Å². The molecule has 16 heavy (non-hydrogen) atoms. The minimum absolute atomic E-state index is 0.106. The molecule has 1 aromatic rings. The lowest BCUT2D eigenvalue weighted by molar-refractivity contribution is -0.142. The van der Waals surface area contributed by atoms with Crippen LogP contribution in [0.25, 0.3) is 0 Å². The van der Waals surface area contributed by atoms with Crippen LogP contribution in [0.2, 0.25) is 0 Å². The van der Waals surface area contributed by atoms with Gasteiger partial charge in [-0.2, -0.15) is 18.3 Å². The van der Waals surface area contributed by atoms with Gasteiger partial charge in [0.1, 0.15) is 6.54 Å². The van der Waals surface area contributed by atoms with Crippen LogP contribution in [0, 0.1) is 6.92 Å². The predicted octanol–water partition coefficient (Wildman–Crippen LogP) is 1.88. The highest BCUT2D eigenvalue weighted by molar-refractivity contribution is 5.98. The first kappa shape index (κ1) is 12.3. The summed E-state index contributed by atoms with van der Waals surface area (Å²) in [5, 5.41) is 5.91. The van der Waals surface area contributed by atoms with Gasteiger partial charge >= 0.3 is 6.18 Å². The molecule has 7 heteroatoms. The summed E-state index contributed by atoms with van der Waals surface area (Å²) >= 11 is 0. The van der Waals surface area contributed by atoms with Gasteiger partial charge in [0.15, 0.2) is 5.82 Å². The molecule has 0 bridgehead atoms. The molecule has 1 amide bonds. The number of carbonyl (C=O) groups excluding carboxylic acids is 1. The molecule has 0 aromatic carbocycles. The second kappa shape index (κ2) is 4.38. The molecule has 1 aromatic heterocycles. The number of amides is 1. The van der Waals surface area contributed by atoms with Crippen molar-refractivity contribution in [2.24, 2.45) is 0 Å². The van der Waals surface area contributed by atoms with E-state index in [1.807, 2.05) is 0 Å². The van der Waals surface area contributed by atoms with Gasteiger partial charge in [0.25, 0.3) is 0 Å². The molecular formula is C9H10F3N3O. The Hall–Kier alpha value is -1.79. The molecule has 0 saturated carbocycles. The van der Waals surface area contributed by atoms with Gasteiger partial charge in [-0.3, -0.25) is 9.48 Å². The van der Waals surface area contributed by atoms with Crippen molar-refractivity contribution in [3.8, 4) is 0 Å². The van der Waals surface area contributed by atoms with Gasteiger partial charge in [-0.05, 0) is 13.0 Å².